The lowest BCUT2D eigenvalue weighted by Crippen LogP contribution is -2.44. The third-order valence-corrected chi connectivity index (χ3v) is 7.26. The van der Waals surface area contributed by atoms with Crippen LogP contribution in [0.15, 0.2) is 53.7 Å². The molecule has 0 spiro atoms. The number of carbonyl (C=O) groups excluding carboxylic acids is 1. The number of rotatable bonds is 9. The first kappa shape index (κ1) is 24.3. The maximum Gasteiger partial charge on any atom is 0.230 e. The Hall–Kier alpha value is -2.84. The second kappa shape index (κ2) is 11.5. The highest BCUT2D eigenvalue weighted by atomic mass is 32.2. The number of amides is 1. The molecule has 0 aliphatic carbocycles. The van der Waals surface area contributed by atoms with Gasteiger partial charge in [-0.1, -0.05) is 54.2 Å². The van der Waals surface area contributed by atoms with Crippen molar-refractivity contribution in [2.24, 2.45) is 0 Å². The average Bonchev–Trinajstić information content (AvgIpc) is 3.27. The number of likely N-dealkylation sites (tertiary alicyclic amines) is 1. The third-order valence-electron chi connectivity index (χ3n) is 6.29. The summed E-state index contributed by atoms with van der Waals surface area (Å²) in [5.74, 6) is 2.18. The van der Waals surface area contributed by atoms with Gasteiger partial charge in [-0.3, -0.25) is 9.69 Å². The van der Waals surface area contributed by atoms with Crippen molar-refractivity contribution < 1.29 is 9.53 Å². The predicted octanol–water partition coefficient (Wildman–Crippen LogP) is 4.15. The van der Waals surface area contributed by atoms with Gasteiger partial charge in [0, 0.05) is 43.3 Å². The second-order valence-corrected chi connectivity index (χ2v) is 9.53. The van der Waals surface area contributed by atoms with Gasteiger partial charge in [-0.15, -0.1) is 10.2 Å². The summed E-state index contributed by atoms with van der Waals surface area (Å²) >= 11 is 1.45. The SMILES string of the molecule is CCn1c(SCC(=O)NC2CCN(Cc3ccccc3OC)CC2)nnc1-c1ccccc1C. The second-order valence-electron chi connectivity index (χ2n) is 8.58. The molecule has 1 aliphatic heterocycles. The topological polar surface area (TPSA) is 72.3 Å². The Bertz CT molecular complexity index is 1110. The van der Waals surface area contributed by atoms with Crippen LogP contribution in [0.4, 0.5) is 0 Å². The lowest BCUT2D eigenvalue weighted by molar-refractivity contribution is -0.119. The summed E-state index contributed by atoms with van der Waals surface area (Å²) in [4.78, 5) is 15.1. The molecule has 8 heteroatoms. The predicted molar refractivity (Wildman–Crippen MR) is 136 cm³/mol. The number of ether oxygens (including phenoxy) is 1. The summed E-state index contributed by atoms with van der Waals surface area (Å²) in [5.41, 5.74) is 3.44. The van der Waals surface area contributed by atoms with Crippen molar-refractivity contribution in [1.82, 2.24) is 25.0 Å². The first-order valence-corrected chi connectivity index (χ1v) is 12.8. The molecule has 1 amide bonds. The van der Waals surface area contributed by atoms with Gasteiger partial charge in [0.1, 0.15) is 5.75 Å². The number of benzene rings is 2. The Labute approximate surface area is 205 Å². The molecule has 1 aromatic heterocycles. The van der Waals surface area contributed by atoms with Crippen molar-refractivity contribution in [3.8, 4) is 17.1 Å². The first-order valence-electron chi connectivity index (χ1n) is 11.8. The highest BCUT2D eigenvalue weighted by Gasteiger charge is 2.22. The molecule has 0 atom stereocenters. The summed E-state index contributed by atoms with van der Waals surface area (Å²) in [6, 6.07) is 16.5. The quantitative estimate of drug-likeness (QED) is 0.465. The molecule has 2 heterocycles. The van der Waals surface area contributed by atoms with Crippen LogP contribution in [0, 0.1) is 6.92 Å². The van der Waals surface area contributed by atoms with E-state index in [0.29, 0.717) is 5.75 Å². The molecule has 1 N–H and O–H groups in total. The van der Waals surface area contributed by atoms with E-state index in [2.05, 4.69) is 57.0 Å². The van der Waals surface area contributed by atoms with Crippen LogP contribution in [-0.2, 0) is 17.9 Å². The number of aromatic nitrogens is 3. The molecule has 3 aromatic rings. The Kier molecular flexibility index (Phi) is 8.24. The van der Waals surface area contributed by atoms with Gasteiger partial charge in [0.15, 0.2) is 11.0 Å². The molecule has 0 bridgehead atoms. The summed E-state index contributed by atoms with van der Waals surface area (Å²) in [5, 5.41) is 12.8. The number of nitrogens with one attached hydrogen (secondary N) is 1. The van der Waals surface area contributed by atoms with E-state index in [4.69, 9.17) is 4.74 Å². The smallest absolute Gasteiger partial charge is 0.230 e. The number of thioether (sulfide) groups is 1. The molecule has 1 fully saturated rings. The number of aryl methyl sites for hydroxylation is 1. The van der Waals surface area contributed by atoms with E-state index in [0.717, 1.165) is 66.9 Å². The Balaban J connectivity index is 1.26. The number of piperidine rings is 1. The molecule has 1 saturated heterocycles. The number of nitrogens with zero attached hydrogens (tertiary/aromatic N) is 4. The fraction of sp³-hybridized carbons (Fsp3) is 0.423. The van der Waals surface area contributed by atoms with Crippen molar-refractivity contribution in [3.05, 3.63) is 59.7 Å². The maximum absolute atomic E-state index is 12.7. The van der Waals surface area contributed by atoms with Gasteiger partial charge >= 0.3 is 0 Å². The maximum atomic E-state index is 12.7. The molecule has 7 nitrogen and oxygen atoms in total. The molecule has 2 aromatic carbocycles. The standard InChI is InChI=1S/C26H33N5O2S/c1-4-31-25(22-11-7-5-9-19(22)2)28-29-26(31)34-18-24(32)27-21-13-15-30(16-14-21)17-20-10-6-8-12-23(20)33-3/h5-12,21H,4,13-18H2,1-3H3,(H,27,32). The van der Waals surface area contributed by atoms with Crippen LogP contribution < -0.4 is 10.1 Å². The van der Waals surface area contributed by atoms with Crippen LogP contribution in [-0.4, -0.2) is 57.6 Å². The summed E-state index contributed by atoms with van der Waals surface area (Å²) in [6.07, 6.45) is 1.91. The molecule has 4 rings (SSSR count). The van der Waals surface area contributed by atoms with Crippen LogP contribution in [0.1, 0.15) is 30.9 Å². The molecule has 180 valence electrons. The van der Waals surface area contributed by atoms with E-state index >= 15 is 0 Å². The zero-order chi connectivity index (χ0) is 23.9. The van der Waals surface area contributed by atoms with Crippen LogP contribution >= 0.6 is 11.8 Å². The minimum atomic E-state index is 0.0521. The molecular formula is C26H33N5O2S. The zero-order valence-corrected chi connectivity index (χ0v) is 21.0. The van der Waals surface area contributed by atoms with Gasteiger partial charge in [0.2, 0.25) is 5.91 Å². The number of carbonyl (C=O) groups is 1. The first-order chi connectivity index (χ1) is 16.6. The Morgan fingerprint density at radius 3 is 2.59 bits per heavy atom. The molecule has 0 unspecified atom stereocenters. The highest BCUT2D eigenvalue weighted by molar-refractivity contribution is 7.99. The van der Waals surface area contributed by atoms with Crippen LogP contribution in [0.25, 0.3) is 11.4 Å². The molecule has 0 radical (unpaired) electrons. The Morgan fingerprint density at radius 1 is 1.12 bits per heavy atom. The Morgan fingerprint density at radius 2 is 1.85 bits per heavy atom. The van der Waals surface area contributed by atoms with E-state index < -0.39 is 0 Å². The normalized spacial score (nSPS) is 14.8. The van der Waals surface area contributed by atoms with Crippen LogP contribution in [0.2, 0.25) is 0 Å². The lowest BCUT2D eigenvalue weighted by Gasteiger charge is -2.32. The van der Waals surface area contributed by atoms with Crippen LogP contribution in [0.5, 0.6) is 5.75 Å². The van der Waals surface area contributed by atoms with Gasteiger partial charge < -0.3 is 14.6 Å². The average molecular weight is 480 g/mol. The fourth-order valence-electron chi connectivity index (χ4n) is 4.41. The van der Waals surface area contributed by atoms with Crippen molar-refractivity contribution in [3.63, 3.8) is 0 Å². The molecule has 1 aliphatic rings. The lowest BCUT2D eigenvalue weighted by atomic mass is 10.0. The summed E-state index contributed by atoms with van der Waals surface area (Å²) in [7, 11) is 1.71. The van der Waals surface area contributed by atoms with Gasteiger partial charge in [0.05, 0.1) is 12.9 Å². The number of hydrogen-bond acceptors (Lipinski definition) is 6. The highest BCUT2D eigenvalue weighted by Crippen LogP contribution is 2.26. The van der Waals surface area contributed by atoms with Crippen molar-refractivity contribution >= 4 is 17.7 Å². The number of hydrogen-bond donors (Lipinski definition) is 1. The van der Waals surface area contributed by atoms with E-state index in [9.17, 15) is 4.79 Å². The zero-order valence-electron chi connectivity index (χ0n) is 20.2. The minimum absolute atomic E-state index is 0.0521. The van der Waals surface area contributed by atoms with Gasteiger partial charge in [-0.25, -0.2) is 0 Å². The minimum Gasteiger partial charge on any atom is -0.496 e. The van der Waals surface area contributed by atoms with E-state index in [1.807, 2.05) is 30.3 Å². The molecule has 0 saturated carbocycles. The van der Waals surface area contributed by atoms with Crippen LogP contribution in [0.3, 0.4) is 0 Å². The number of methoxy groups -OCH3 is 1. The summed E-state index contributed by atoms with van der Waals surface area (Å²) in [6.45, 7) is 7.70. The van der Waals surface area contributed by atoms with Crippen molar-refractivity contribution in [1.29, 1.82) is 0 Å². The molecular weight excluding hydrogens is 446 g/mol. The third kappa shape index (κ3) is 5.80. The van der Waals surface area contributed by atoms with E-state index in [-0.39, 0.29) is 11.9 Å². The van der Waals surface area contributed by atoms with Gasteiger partial charge in [-0.2, -0.15) is 0 Å². The number of para-hydroxylation sites is 1. The summed E-state index contributed by atoms with van der Waals surface area (Å²) < 4.78 is 7.56. The largest absolute Gasteiger partial charge is 0.496 e. The van der Waals surface area contributed by atoms with Gasteiger partial charge in [0.25, 0.3) is 0 Å². The van der Waals surface area contributed by atoms with Crippen molar-refractivity contribution in [2.45, 2.75) is 51.0 Å². The monoisotopic (exact) mass is 479 g/mol. The van der Waals surface area contributed by atoms with Crippen molar-refractivity contribution in [2.75, 3.05) is 26.0 Å². The van der Waals surface area contributed by atoms with E-state index in [1.54, 1.807) is 7.11 Å². The fourth-order valence-corrected chi connectivity index (χ4v) is 5.23. The van der Waals surface area contributed by atoms with E-state index in [1.165, 1.54) is 17.3 Å². The van der Waals surface area contributed by atoms with Gasteiger partial charge in [-0.05, 0) is 38.3 Å². The molecule has 34 heavy (non-hydrogen) atoms.